The number of hydrogen-bond donors (Lipinski definition) is 2. The van der Waals surface area contributed by atoms with Gasteiger partial charge in [0.2, 0.25) is 11.8 Å². The minimum atomic E-state index is -4.28. The maximum atomic E-state index is 12.4. The molecule has 11 heteroatoms. The van der Waals surface area contributed by atoms with Crippen LogP contribution < -0.4 is 5.32 Å². The number of amides is 2. The van der Waals surface area contributed by atoms with E-state index in [1.165, 1.54) is 6.92 Å². The molecule has 1 aliphatic heterocycles. The van der Waals surface area contributed by atoms with Gasteiger partial charge >= 0.3 is 5.97 Å². The summed E-state index contributed by atoms with van der Waals surface area (Å²) in [6.07, 6.45) is 0. The predicted octanol–water partition coefficient (Wildman–Crippen LogP) is -1.12. The van der Waals surface area contributed by atoms with E-state index in [0.717, 1.165) is 5.51 Å². The average Bonchev–Trinajstić information content (AvgIpc) is 2.83. The maximum Gasteiger partial charge on any atom is 0.356 e. The van der Waals surface area contributed by atoms with Crippen LogP contribution in [0.15, 0.2) is 9.72 Å². The smallest absolute Gasteiger partial charge is 0.356 e. The molecule has 1 saturated heterocycles. The molecular formula is C9H9N3O6S2. The third-order valence-corrected chi connectivity index (χ3v) is 5.92. The van der Waals surface area contributed by atoms with E-state index in [-0.39, 0.29) is 0 Å². The number of carboxylic acids is 1. The molecule has 1 aliphatic rings. The molecule has 0 saturated carbocycles. The Balaban J connectivity index is 2.49. The Kier molecular flexibility index (Phi) is 3.58. The van der Waals surface area contributed by atoms with Crippen LogP contribution in [0.2, 0.25) is 0 Å². The number of piperazine rings is 1. The van der Waals surface area contributed by atoms with Gasteiger partial charge in [-0.3, -0.25) is 14.9 Å². The van der Waals surface area contributed by atoms with Gasteiger partial charge in [0.25, 0.3) is 10.0 Å². The zero-order chi connectivity index (χ0) is 15.1. The maximum absolute atomic E-state index is 12.4. The first-order chi connectivity index (χ1) is 9.25. The molecule has 1 aromatic rings. The Hall–Kier alpha value is -1.85. The van der Waals surface area contributed by atoms with Crippen molar-refractivity contribution < 1.29 is 27.9 Å². The molecular weight excluding hydrogens is 310 g/mol. The van der Waals surface area contributed by atoms with Crippen LogP contribution in [0.3, 0.4) is 0 Å². The monoisotopic (exact) mass is 319 g/mol. The number of rotatable bonds is 3. The summed E-state index contributed by atoms with van der Waals surface area (Å²) < 4.78 is 24.9. The van der Waals surface area contributed by atoms with Crippen molar-refractivity contribution in [2.45, 2.75) is 17.2 Å². The SMILES string of the molecule is CC1C(=O)NC(=O)CN1S(=O)(=O)c1scnc1C(=O)O. The lowest BCUT2D eigenvalue weighted by Crippen LogP contribution is -2.58. The number of imide groups is 1. The quantitative estimate of drug-likeness (QED) is 0.674. The van der Waals surface area contributed by atoms with Crippen molar-refractivity contribution in [2.24, 2.45) is 0 Å². The predicted molar refractivity (Wildman–Crippen MR) is 65.6 cm³/mol. The first-order valence-corrected chi connectivity index (χ1v) is 7.59. The lowest BCUT2D eigenvalue weighted by atomic mass is 10.2. The van der Waals surface area contributed by atoms with Crippen LogP contribution in [0.25, 0.3) is 0 Å². The van der Waals surface area contributed by atoms with Crippen molar-refractivity contribution >= 4 is 39.1 Å². The van der Waals surface area contributed by atoms with E-state index < -0.39 is 50.3 Å². The highest BCUT2D eigenvalue weighted by Crippen LogP contribution is 2.26. The first-order valence-electron chi connectivity index (χ1n) is 5.27. The fraction of sp³-hybridized carbons (Fsp3) is 0.333. The second-order valence-corrected chi connectivity index (χ2v) is 6.87. The molecule has 1 atom stereocenters. The van der Waals surface area contributed by atoms with Gasteiger partial charge < -0.3 is 5.11 Å². The molecule has 108 valence electrons. The minimum absolute atomic E-state index is 0.501. The van der Waals surface area contributed by atoms with Gasteiger partial charge in [-0.15, -0.1) is 11.3 Å². The zero-order valence-corrected chi connectivity index (χ0v) is 11.7. The number of aromatic carboxylic acids is 1. The largest absolute Gasteiger partial charge is 0.476 e. The van der Waals surface area contributed by atoms with Crippen molar-refractivity contribution in [2.75, 3.05) is 6.54 Å². The summed E-state index contributed by atoms with van der Waals surface area (Å²) in [5.41, 5.74) is 0.452. The molecule has 0 bridgehead atoms. The highest BCUT2D eigenvalue weighted by Gasteiger charge is 2.41. The van der Waals surface area contributed by atoms with Gasteiger partial charge in [-0.05, 0) is 6.92 Å². The Morgan fingerprint density at radius 3 is 2.80 bits per heavy atom. The number of sulfonamides is 1. The summed E-state index contributed by atoms with van der Waals surface area (Å²) in [5, 5.41) is 10.9. The summed E-state index contributed by atoms with van der Waals surface area (Å²) in [4.78, 5) is 37.2. The van der Waals surface area contributed by atoms with Crippen LogP contribution in [0.1, 0.15) is 17.4 Å². The Morgan fingerprint density at radius 1 is 1.55 bits per heavy atom. The van der Waals surface area contributed by atoms with Crippen LogP contribution in [-0.2, 0) is 19.6 Å². The van der Waals surface area contributed by atoms with E-state index in [1.807, 2.05) is 5.32 Å². The number of thiazole rings is 1. The molecule has 0 aromatic carbocycles. The Morgan fingerprint density at radius 2 is 2.20 bits per heavy atom. The first kappa shape index (κ1) is 14.6. The van der Waals surface area contributed by atoms with E-state index in [1.54, 1.807) is 0 Å². The van der Waals surface area contributed by atoms with Crippen LogP contribution in [0, 0.1) is 0 Å². The van der Waals surface area contributed by atoms with Crippen molar-refractivity contribution in [3.05, 3.63) is 11.2 Å². The zero-order valence-electron chi connectivity index (χ0n) is 10.1. The van der Waals surface area contributed by atoms with Gasteiger partial charge in [-0.1, -0.05) is 0 Å². The molecule has 0 aliphatic carbocycles. The van der Waals surface area contributed by atoms with Gasteiger partial charge in [-0.25, -0.2) is 18.2 Å². The van der Waals surface area contributed by atoms with E-state index in [4.69, 9.17) is 5.11 Å². The molecule has 2 heterocycles. The summed E-state index contributed by atoms with van der Waals surface area (Å²) >= 11 is 0.618. The van der Waals surface area contributed by atoms with Gasteiger partial charge in [0.15, 0.2) is 9.90 Å². The van der Waals surface area contributed by atoms with E-state index in [0.29, 0.717) is 15.6 Å². The van der Waals surface area contributed by atoms with Crippen molar-refractivity contribution in [3.8, 4) is 0 Å². The van der Waals surface area contributed by atoms with Crippen molar-refractivity contribution in [1.29, 1.82) is 0 Å². The number of nitrogens with one attached hydrogen (secondary N) is 1. The number of carbonyl (C=O) groups excluding carboxylic acids is 2. The second-order valence-electron chi connectivity index (χ2n) is 3.93. The Labute approximate surface area is 117 Å². The minimum Gasteiger partial charge on any atom is -0.476 e. The molecule has 2 rings (SSSR count). The van der Waals surface area contributed by atoms with Crippen LogP contribution in [0.5, 0.6) is 0 Å². The number of carboxylic acid groups (broad SMARTS) is 1. The second kappa shape index (κ2) is 4.92. The molecule has 2 amide bonds. The van der Waals surface area contributed by atoms with Gasteiger partial charge in [-0.2, -0.15) is 4.31 Å². The highest BCUT2D eigenvalue weighted by molar-refractivity contribution is 7.91. The van der Waals surface area contributed by atoms with E-state index in [9.17, 15) is 22.8 Å². The molecule has 0 radical (unpaired) electrons. The molecule has 20 heavy (non-hydrogen) atoms. The average molecular weight is 319 g/mol. The summed E-state index contributed by atoms with van der Waals surface area (Å²) in [5.74, 6) is -3.02. The summed E-state index contributed by atoms with van der Waals surface area (Å²) in [7, 11) is -4.28. The fourth-order valence-corrected chi connectivity index (χ4v) is 4.46. The molecule has 1 fully saturated rings. The molecule has 1 unspecified atom stereocenters. The number of hydrogen-bond acceptors (Lipinski definition) is 7. The lowest BCUT2D eigenvalue weighted by molar-refractivity contribution is -0.136. The molecule has 0 spiro atoms. The van der Waals surface area contributed by atoms with Gasteiger partial charge in [0, 0.05) is 0 Å². The molecule has 1 aromatic heterocycles. The lowest BCUT2D eigenvalue weighted by Gasteiger charge is -2.30. The standard InChI is InChI=1S/C9H9N3O6S2/c1-4-7(14)11-5(13)2-12(4)20(17,18)9-6(8(15)16)10-3-19-9/h3-4H,2H2,1H3,(H,15,16)(H,11,13,14). The van der Waals surface area contributed by atoms with Gasteiger partial charge in [0.05, 0.1) is 12.1 Å². The summed E-state index contributed by atoms with van der Waals surface area (Å²) in [6, 6.07) is -1.11. The number of carbonyl (C=O) groups is 3. The molecule has 2 N–H and O–H groups in total. The van der Waals surface area contributed by atoms with Crippen LogP contribution in [-0.4, -0.2) is 53.2 Å². The fourth-order valence-electron chi connectivity index (χ4n) is 1.65. The van der Waals surface area contributed by atoms with Gasteiger partial charge in [0.1, 0.15) is 6.04 Å². The number of nitrogens with zero attached hydrogens (tertiary/aromatic N) is 2. The van der Waals surface area contributed by atoms with E-state index in [2.05, 4.69) is 4.98 Å². The van der Waals surface area contributed by atoms with Crippen molar-refractivity contribution in [3.63, 3.8) is 0 Å². The van der Waals surface area contributed by atoms with E-state index >= 15 is 0 Å². The normalized spacial score (nSPS) is 20.8. The Bertz CT molecular complexity index is 694. The third-order valence-electron chi connectivity index (χ3n) is 2.65. The summed E-state index contributed by atoms with van der Waals surface area (Å²) in [6.45, 7) is 0.757. The van der Waals surface area contributed by atoms with Crippen molar-refractivity contribution in [1.82, 2.24) is 14.6 Å². The van der Waals surface area contributed by atoms with Crippen LogP contribution in [0.4, 0.5) is 0 Å². The highest BCUT2D eigenvalue weighted by atomic mass is 32.2. The number of aromatic nitrogens is 1. The molecule has 9 nitrogen and oxygen atoms in total. The van der Waals surface area contributed by atoms with Crippen LogP contribution >= 0.6 is 11.3 Å². The topological polar surface area (TPSA) is 134 Å². The third kappa shape index (κ3) is 2.30.